The van der Waals surface area contributed by atoms with Crippen LogP contribution in [-0.2, 0) is 11.3 Å². The second-order valence-corrected chi connectivity index (χ2v) is 7.69. The third-order valence-electron chi connectivity index (χ3n) is 5.44. The fourth-order valence-corrected chi connectivity index (χ4v) is 3.71. The molecule has 1 atom stereocenters. The third-order valence-corrected chi connectivity index (χ3v) is 5.44. The van der Waals surface area contributed by atoms with Crippen LogP contribution in [0.25, 0.3) is 0 Å². The Kier molecular flexibility index (Phi) is 7.37. The summed E-state index contributed by atoms with van der Waals surface area (Å²) in [5.41, 5.74) is 2.54. The largest absolute Gasteiger partial charge is 0.461 e. The van der Waals surface area contributed by atoms with Crippen LogP contribution in [0.1, 0.15) is 61.9 Å². The minimum atomic E-state index is -0.869. The van der Waals surface area contributed by atoms with E-state index in [1.807, 2.05) is 0 Å². The number of esters is 1. The highest BCUT2D eigenvalue weighted by Gasteiger charge is 2.32. The van der Waals surface area contributed by atoms with E-state index in [0.717, 1.165) is 5.56 Å². The average molecular weight is 451 g/mol. The van der Waals surface area contributed by atoms with E-state index in [-0.39, 0.29) is 30.2 Å². The van der Waals surface area contributed by atoms with Crippen LogP contribution in [0.5, 0.6) is 0 Å². The first kappa shape index (κ1) is 23.8. The zero-order chi connectivity index (χ0) is 24.1. The Bertz CT molecular complexity index is 1160. The number of hydrogen-bond acceptors (Lipinski definition) is 5. The van der Waals surface area contributed by atoms with E-state index in [2.05, 4.69) is 9.97 Å². The number of ketones is 1. The number of Topliss-reactive ketones (excluding diaryl/α,β-unsaturated/α-hetero) is 1. The maximum absolute atomic E-state index is 13.6. The van der Waals surface area contributed by atoms with E-state index in [1.165, 1.54) is 29.2 Å². The number of nitrogens with zero attached hydrogens (tertiary/aromatic N) is 2. The van der Waals surface area contributed by atoms with Gasteiger partial charge in [0.05, 0.1) is 12.6 Å². The molecule has 2 aromatic heterocycles. The number of aryl methyl sites for hydroxylation is 1. The minimum absolute atomic E-state index is 0.129. The molecule has 1 unspecified atom stereocenters. The molecule has 33 heavy (non-hydrogen) atoms. The average Bonchev–Trinajstić information content (AvgIpc) is 3.11. The molecule has 0 aliphatic carbocycles. The maximum Gasteiger partial charge on any atom is 0.355 e. The van der Waals surface area contributed by atoms with Crippen molar-refractivity contribution in [2.24, 2.45) is 0 Å². The summed E-state index contributed by atoms with van der Waals surface area (Å²) in [5.74, 6) is -1.74. The van der Waals surface area contributed by atoms with Crippen LogP contribution in [0, 0.1) is 19.7 Å². The predicted octanol–water partition coefficient (Wildman–Crippen LogP) is 4.26. The number of carbonyl (C=O) groups excluding carboxylic acids is 3. The Labute approximate surface area is 191 Å². The molecule has 1 amide bonds. The van der Waals surface area contributed by atoms with Crippen molar-refractivity contribution in [3.63, 3.8) is 0 Å². The summed E-state index contributed by atoms with van der Waals surface area (Å²) in [5, 5.41) is 0. The number of carbonyl (C=O) groups is 3. The summed E-state index contributed by atoms with van der Waals surface area (Å²) in [6.45, 7) is 7.04. The lowest BCUT2D eigenvalue weighted by Gasteiger charge is -2.29. The van der Waals surface area contributed by atoms with Gasteiger partial charge in [0, 0.05) is 35.8 Å². The van der Waals surface area contributed by atoms with Crippen LogP contribution in [-0.4, -0.2) is 45.2 Å². The predicted molar refractivity (Wildman–Crippen MR) is 121 cm³/mol. The normalized spacial score (nSPS) is 11.7. The molecular formula is C25H26FN3O4. The van der Waals surface area contributed by atoms with Crippen molar-refractivity contribution in [2.75, 3.05) is 6.61 Å². The molecule has 172 valence electrons. The molecule has 0 bridgehead atoms. The van der Waals surface area contributed by atoms with Crippen LogP contribution < -0.4 is 0 Å². The van der Waals surface area contributed by atoms with E-state index in [4.69, 9.17) is 4.74 Å². The third kappa shape index (κ3) is 5.16. The molecular weight excluding hydrogens is 425 g/mol. The molecule has 1 N–H and O–H groups in total. The van der Waals surface area contributed by atoms with Gasteiger partial charge in [0.2, 0.25) is 0 Å². The SMILES string of the molecule is CCOC(=O)c1[nH]c(C)c(C(=O)C(C)N(Cc2cccnc2)C(=O)c2ccc(F)cc2)c1C. The van der Waals surface area contributed by atoms with Crippen molar-refractivity contribution >= 4 is 17.7 Å². The molecule has 3 aromatic rings. The summed E-state index contributed by atoms with van der Waals surface area (Å²) < 4.78 is 18.5. The molecule has 0 aliphatic rings. The number of ether oxygens (including phenoxy) is 1. The van der Waals surface area contributed by atoms with Gasteiger partial charge in [-0.2, -0.15) is 0 Å². The Morgan fingerprint density at radius 2 is 1.85 bits per heavy atom. The van der Waals surface area contributed by atoms with E-state index in [1.54, 1.807) is 52.2 Å². The minimum Gasteiger partial charge on any atom is -0.461 e. The van der Waals surface area contributed by atoms with Gasteiger partial charge in [-0.3, -0.25) is 14.6 Å². The van der Waals surface area contributed by atoms with Crippen molar-refractivity contribution in [1.82, 2.24) is 14.9 Å². The van der Waals surface area contributed by atoms with Crippen LogP contribution in [0.15, 0.2) is 48.8 Å². The number of benzene rings is 1. The smallest absolute Gasteiger partial charge is 0.355 e. The lowest BCUT2D eigenvalue weighted by Crippen LogP contribution is -2.43. The number of amides is 1. The number of H-pyrrole nitrogens is 1. The number of pyridine rings is 1. The van der Waals surface area contributed by atoms with E-state index < -0.39 is 23.7 Å². The van der Waals surface area contributed by atoms with Gasteiger partial charge in [0.15, 0.2) is 5.78 Å². The quantitative estimate of drug-likeness (QED) is 0.408. The fourth-order valence-electron chi connectivity index (χ4n) is 3.71. The van der Waals surface area contributed by atoms with Crippen LogP contribution in [0.4, 0.5) is 4.39 Å². The molecule has 0 saturated heterocycles. The summed E-state index contributed by atoms with van der Waals surface area (Å²) in [4.78, 5) is 47.6. The first-order valence-electron chi connectivity index (χ1n) is 10.6. The summed E-state index contributed by atoms with van der Waals surface area (Å²) >= 11 is 0. The summed E-state index contributed by atoms with van der Waals surface area (Å²) in [6, 6.07) is 7.86. The molecule has 0 aliphatic heterocycles. The Hall–Kier alpha value is -3.81. The monoisotopic (exact) mass is 451 g/mol. The Morgan fingerprint density at radius 1 is 1.15 bits per heavy atom. The van der Waals surface area contributed by atoms with Crippen molar-refractivity contribution in [2.45, 2.75) is 40.3 Å². The molecule has 0 fully saturated rings. The van der Waals surface area contributed by atoms with E-state index >= 15 is 0 Å². The molecule has 3 rings (SSSR count). The lowest BCUT2D eigenvalue weighted by molar-refractivity contribution is 0.0518. The summed E-state index contributed by atoms with van der Waals surface area (Å²) in [6.07, 6.45) is 3.24. The van der Waals surface area contributed by atoms with Gasteiger partial charge in [-0.25, -0.2) is 9.18 Å². The Morgan fingerprint density at radius 3 is 2.45 bits per heavy atom. The van der Waals surface area contributed by atoms with Gasteiger partial charge < -0.3 is 14.6 Å². The molecule has 7 nitrogen and oxygen atoms in total. The number of halogens is 1. The molecule has 0 spiro atoms. The highest BCUT2D eigenvalue weighted by atomic mass is 19.1. The van der Waals surface area contributed by atoms with Gasteiger partial charge in [-0.05, 0) is 69.2 Å². The van der Waals surface area contributed by atoms with Gasteiger partial charge in [0.1, 0.15) is 11.5 Å². The zero-order valence-electron chi connectivity index (χ0n) is 19.0. The first-order valence-corrected chi connectivity index (χ1v) is 10.6. The van der Waals surface area contributed by atoms with Gasteiger partial charge >= 0.3 is 5.97 Å². The molecule has 1 aromatic carbocycles. The maximum atomic E-state index is 13.6. The van der Waals surface area contributed by atoms with Crippen molar-refractivity contribution in [1.29, 1.82) is 0 Å². The number of nitrogens with one attached hydrogen (secondary N) is 1. The van der Waals surface area contributed by atoms with Crippen molar-refractivity contribution in [3.05, 3.63) is 88.3 Å². The topological polar surface area (TPSA) is 92.4 Å². The second kappa shape index (κ2) is 10.2. The van der Waals surface area contributed by atoms with Crippen molar-refractivity contribution in [3.8, 4) is 0 Å². The zero-order valence-corrected chi connectivity index (χ0v) is 19.0. The number of aromatic amines is 1. The standard InChI is InChI=1S/C25H26FN3O4/c1-5-33-25(32)22-15(2)21(16(3)28-22)23(30)17(4)29(14-18-7-6-12-27-13-18)24(31)19-8-10-20(26)11-9-19/h6-13,17,28H,5,14H2,1-4H3. The van der Waals surface area contributed by atoms with Crippen molar-refractivity contribution < 1.29 is 23.5 Å². The highest BCUT2D eigenvalue weighted by Crippen LogP contribution is 2.24. The lowest BCUT2D eigenvalue weighted by atomic mass is 9.99. The number of aromatic nitrogens is 2. The Balaban J connectivity index is 1.98. The summed E-state index contributed by atoms with van der Waals surface area (Å²) in [7, 11) is 0. The van der Waals surface area contributed by atoms with E-state index in [9.17, 15) is 18.8 Å². The number of hydrogen-bond donors (Lipinski definition) is 1. The second-order valence-electron chi connectivity index (χ2n) is 7.69. The number of rotatable bonds is 8. The van der Waals surface area contributed by atoms with Crippen LogP contribution in [0.2, 0.25) is 0 Å². The van der Waals surface area contributed by atoms with Gasteiger partial charge in [-0.1, -0.05) is 6.07 Å². The highest BCUT2D eigenvalue weighted by molar-refractivity contribution is 6.07. The van der Waals surface area contributed by atoms with Gasteiger partial charge in [0.25, 0.3) is 5.91 Å². The molecule has 8 heteroatoms. The fraction of sp³-hybridized carbons (Fsp3) is 0.280. The van der Waals surface area contributed by atoms with Crippen LogP contribution in [0.3, 0.4) is 0 Å². The van der Waals surface area contributed by atoms with E-state index in [0.29, 0.717) is 16.8 Å². The van der Waals surface area contributed by atoms with Crippen LogP contribution >= 0.6 is 0 Å². The molecule has 0 radical (unpaired) electrons. The molecule has 0 saturated carbocycles. The molecule has 2 heterocycles. The first-order chi connectivity index (χ1) is 15.7. The van der Waals surface area contributed by atoms with Gasteiger partial charge in [-0.15, -0.1) is 0 Å².